The second-order valence-electron chi connectivity index (χ2n) is 8.44. The van der Waals surface area contributed by atoms with Gasteiger partial charge in [0.05, 0.1) is 7.11 Å². The van der Waals surface area contributed by atoms with Crippen molar-refractivity contribution in [2.24, 2.45) is 0 Å². The first-order chi connectivity index (χ1) is 16.2. The number of aromatic nitrogens is 1. The number of benzene rings is 2. The van der Waals surface area contributed by atoms with Gasteiger partial charge in [-0.3, -0.25) is 9.69 Å². The Labute approximate surface area is 196 Å². The maximum atomic E-state index is 12.6. The third kappa shape index (κ3) is 6.80. The van der Waals surface area contributed by atoms with Crippen LogP contribution in [0.1, 0.15) is 34.5 Å². The lowest BCUT2D eigenvalue weighted by Gasteiger charge is -2.32. The highest BCUT2D eigenvalue weighted by Crippen LogP contribution is 2.18. The number of nitrogens with zero attached hydrogens (tertiary/aromatic N) is 2. The van der Waals surface area contributed by atoms with E-state index >= 15 is 0 Å². The average molecular weight is 445 g/mol. The van der Waals surface area contributed by atoms with Gasteiger partial charge in [0.2, 0.25) is 0 Å². The van der Waals surface area contributed by atoms with E-state index in [0.717, 1.165) is 56.0 Å². The van der Waals surface area contributed by atoms with Crippen molar-refractivity contribution in [3.05, 3.63) is 89.6 Å². The standard InChI is InChI=1S/C27H32N4O2/c1-33-24-12-10-21(11-13-24)14-17-28-27(32)25-8-5-9-26(30-25)29-23-15-18-31(19-16-23)20-22-6-3-2-4-7-22/h2-13,23H,14-20H2,1H3,(H,28,32)(H,29,30). The summed E-state index contributed by atoms with van der Waals surface area (Å²) in [6.45, 7) is 3.67. The SMILES string of the molecule is COc1ccc(CCNC(=O)c2cccc(NC3CCN(Cc4ccccc4)CC3)n2)cc1. The summed E-state index contributed by atoms with van der Waals surface area (Å²) in [5.41, 5.74) is 2.95. The molecule has 2 heterocycles. The van der Waals surface area contributed by atoms with Crippen molar-refractivity contribution in [3.63, 3.8) is 0 Å². The second-order valence-corrected chi connectivity index (χ2v) is 8.44. The first kappa shape index (κ1) is 22.8. The predicted molar refractivity (Wildman–Crippen MR) is 132 cm³/mol. The van der Waals surface area contributed by atoms with Gasteiger partial charge < -0.3 is 15.4 Å². The smallest absolute Gasteiger partial charge is 0.269 e. The Morgan fingerprint density at radius 2 is 1.73 bits per heavy atom. The van der Waals surface area contributed by atoms with Gasteiger partial charge in [0, 0.05) is 32.2 Å². The van der Waals surface area contributed by atoms with Crippen molar-refractivity contribution in [3.8, 4) is 5.75 Å². The Balaban J connectivity index is 1.22. The molecule has 172 valence electrons. The molecule has 3 aromatic rings. The van der Waals surface area contributed by atoms with E-state index in [2.05, 4.69) is 50.8 Å². The number of ether oxygens (including phenoxy) is 1. The lowest BCUT2D eigenvalue weighted by Crippen LogP contribution is -2.38. The highest BCUT2D eigenvalue weighted by atomic mass is 16.5. The van der Waals surface area contributed by atoms with Crippen molar-refractivity contribution in [1.82, 2.24) is 15.2 Å². The third-order valence-corrected chi connectivity index (χ3v) is 6.03. The predicted octanol–water partition coefficient (Wildman–Crippen LogP) is 4.14. The molecule has 1 aliphatic rings. The molecular formula is C27H32N4O2. The largest absolute Gasteiger partial charge is 0.497 e. The van der Waals surface area contributed by atoms with Gasteiger partial charge in [-0.1, -0.05) is 48.5 Å². The fraction of sp³-hybridized carbons (Fsp3) is 0.333. The highest BCUT2D eigenvalue weighted by molar-refractivity contribution is 5.92. The molecule has 0 spiro atoms. The Bertz CT molecular complexity index is 1020. The van der Waals surface area contributed by atoms with E-state index < -0.39 is 0 Å². The van der Waals surface area contributed by atoms with Crippen LogP contribution >= 0.6 is 0 Å². The van der Waals surface area contributed by atoms with E-state index in [1.807, 2.05) is 36.4 Å². The number of likely N-dealkylation sites (tertiary alicyclic amines) is 1. The molecule has 0 unspecified atom stereocenters. The number of hydrogen-bond acceptors (Lipinski definition) is 5. The van der Waals surface area contributed by atoms with Crippen molar-refractivity contribution in [2.75, 3.05) is 32.1 Å². The van der Waals surface area contributed by atoms with E-state index in [-0.39, 0.29) is 5.91 Å². The fourth-order valence-corrected chi connectivity index (χ4v) is 4.13. The Morgan fingerprint density at radius 3 is 2.45 bits per heavy atom. The minimum atomic E-state index is -0.148. The Hall–Kier alpha value is -3.38. The van der Waals surface area contributed by atoms with Gasteiger partial charge in [-0.15, -0.1) is 0 Å². The molecule has 1 amide bonds. The quantitative estimate of drug-likeness (QED) is 0.519. The highest BCUT2D eigenvalue weighted by Gasteiger charge is 2.19. The molecule has 1 aromatic heterocycles. The van der Waals surface area contributed by atoms with Crippen LogP contribution in [0.3, 0.4) is 0 Å². The van der Waals surface area contributed by atoms with Gasteiger partial charge in [0.25, 0.3) is 5.91 Å². The van der Waals surface area contributed by atoms with Crippen LogP contribution in [0.2, 0.25) is 0 Å². The normalized spacial score (nSPS) is 14.6. The van der Waals surface area contributed by atoms with E-state index in [1.165, 1.54) is 5.56 Å². The van der Waals surface area contributed by atoms with Crippen molar-refractivity contribution in [1.29, 1.82) is 0 Å². The molecule has 1 aliphatic heterocycles. The summed E-state index contributed by atoms with van der Waals surface area (Å²) >= 11 is 0. The molecule has 0 saturated carbocycles. The maximum Gasteiger partial charge on any atom is 0.269 e. The van der Waals surface area contributed by atoms with Crippen molar-refractivity contribution < 1.29 is 9.53 Å². The van der Waals surface area contributed by atoms with Gasteiger partial charge in [-0.25, -0.2) is 4.98 Å². The van der Waals surface area contributed by atoms with Gasteiger partial charge in [0.15, 0.2) is 0 Å². The monoisotopic (exact) mass is 444 g/mol. The molecule has 6 nitrogen and oxygen atoms in total. The first-order valence-corrected chi connectivity index (χ1v) is 11.6. The number of piperidine rings is 1. The lowest BCUT2D eigenvalue weighted by atomic mass is 10.0. The molecule has 0 aliphatic carbocycles. The van der Waals surface area contributed by atoms with E-state index in [0.29, 0.717) is 18.3 Å². The summed E-state index contributed by atoms with van der Waals surface area (Å²) < 4.78 is 5.18. The van der Waals surface area contributed by atoms with Gasteiger partial charge in [-0.05, 0) is 54.7 Å². The van der Waals surface area contributed by atoms with E-state index in [9.17, 15) is 4.79 Å². The molecule has 2 aromatic carbocycles. The third-order valence-electron chi connectivity index (χ3n) is 6.03. The number of carbonyl (C=O) groups is 1. The molecule has 1 saturated heterocycles. The Kier molecular flexibility index (Phi) is 7.93. The number of amides is 1. The van der Waals surface area contributed by atoms with Crippen LogP contribution in [0, 0.1) is 0 Å². The maximum absolute atomic E-state index is 12.6. The molecule has 0 atom stereocenters. The Morgan fingerprint density at radius 1 is 0.970 bits per heavy atom. The van der Waals surface area contributed by atoms with Crippen LogP contribution in [0.15, 0.2) is 72.8 Å². The zero-order valence-electron chi connectivity index (χ0n) is 19.2. The van der Waals surface area contributed by atoms with Crippen LogP contribution in [0.5, 0.6) is 5.75 Å². The summed E-state index contributed by atoms with van der Waals surface area (Å²) in [6.07, 6.45) is 2.88. The molecule has 1 fully saturated rings. The van der Waals surface area contributed by atoms with E-state index in [4.69, 9.17) is 4.74 Å². The zero-order chi connectivity index (χ0) is 22.9. The van der Waals surface area contributed by atoms with Gasteiger partial charge in [0.1, 0.15) is 17.3 Å². The van der Waals surface area contributed by atoms with Crippen LogP contribution < -0.4 is 15.4 Å². The minimum absolute atomic E-state index is 0.148. The summed E-state index contributed by atoms with van der Waals surface area (Å²) in [7, 11) is 1.65. The molecule has 0 bridgehead atoms. The number of rotatable bonds is 9. The van der Waals surface area contributed by atoms with Crippen LogP contribution in [-0.4, -0.2) is 48.6 Å². The summed E-state index contributed by atoms with van der Waals surface area (Å²) in [5.74, 6) is 1.45. The number of nitrogens with one attached hydrogen (secondary N) is 2. The number of anilines is 1. The average Bonchev–Trinajstić information content (AvgIpc) is 2.86. The molecule has 0 radical (unpaired) electrons. The van der Waals surface area contributed by atoms with Crippen molar-refractivity contribution in [2.45, 2.75) is 31.8 Å². The van der Waals surface area contributed by atoms with Crippen LogP contribution in [-0.2, 0) is 13.0 Å². The molecule has 4 rings (SSSR count). The lowest BCUT2D eigenvalue weighted by molar-refractivity contribution is 0.0949. The van der Waals surface area contributed by atoms with E-state index in [1.54, 1.807) is 13.2 Å². The van der Waals surface area contributed by atoms with Crippen LogP contribution in [0.4, 0.5) is 5.82 Å². The molecule has 33 heavy (non-hydrogen) atoms. The molecule has 2 N–H and O–H groups in total. The first-order valence-electron chi connectivity index (χ1n) is 11.6. The minimum Gasteiger partial charge on any atom is -0.497 e. The van der Waals surface area contributed by atoms with Crippen molar-refractivity contribution >= 4 is 11.7 Å². The summed E-state index contributed by atoms with van der Waals surface area (Å²) in [4.78, 5) is 19.6. The zero-order valence-corrected chi connectivity index (χ0v) is 19.2. The molecule has 6 heteroatoms. The summed E-state index contributed by atoms with van der Waals surface area (Å²) in [5, 5.41) is 6.49. The number of methoxy groups -OCH3 is 1. The number of hydrogen-bond donors (Lipinski definition) is 2. The van der Waals surface area contributed by atoms with Gasteiger partial charge in [-0.2, -0.15) is 0 Å². The topological polar surface area (TPSA) is 66.5 Å². The number of pyridine rings is 1. The number of carbonyl (C=O) groups excluding carboxylic acids is 1. The fourth-order valence-electron chi connectivity index (χ4n) is 4.13. The van der Waals surface area contributed by atoms with Crippen LogP contribution in [0.25, 0.3) is 0 Å². The second kappa shape index (κ2) is 11.5. The molecular weight excluding hydrogens is 412 g/mol. The summed E-state index contributed by atoms with van der Waals surface area (Å²) in [6, 6.07) is 24.5. The van der Waals surface area contributed by atoms with Gasteiger partial charge >= 0.3 is 0 Å².